The molecule has 0 spiro atoms. The highest BCUT2D eigenvalue weighted by Gasteiger charge is 2.46. The van der Waals surface area contributed by atoms with Gasteiger partial charge in [-0.25, -0.2) is 4.98 Å². The Hall–Kier alpha value is -5.05. The highest BCUT2D eigenvalue weighted by molar-refractivity contribution is 6.46. The first kappa shape index (κ1) is 27.5. The van der Waals surface area contributed by atoms with Gasteiger partial charge < -0.3 is 29.2 Å². The third-order valence-corrected chi connectivity index (χ3v) is 7.05. The molecule has 1 atom stereocenters. The van der Waals surface area contributed by atoms with E-state index < -0.39 is 17.7 Å². The highest BCUT2D eigenvalue weighted by Crippen LogP contribution is 2.42. The lowest BCUT2D eigenvalue weighted by Crippen LogP contribution is -2.31. The molecule has 0 saturated carbocycles. The molecule has 0 aliphatic carbocycles. The smallest absolute Gasteiger partial charge is 0.295 e. The minimum absolute atomic E-state index is 0.0289. The minimum atomic E-state index is -0.871. The van der Waals surface area contributed by atoms with Crippen molar-refractivity contribution in [1.82, 2.24) is 14.5 Å². The number of ketones is 1. The number of aryl methyl sites for hydroxylation is 2. The fraction of sp³-hybridized carbons (Fsp3) is 0.219. The number of phenols is 1. The summed E-state index contributed by atoms with van der Waals surface area (Å²) in [4.78, 5) is 32.1. The first-order valence-corrected chi connectivity index (χ1v) is 13.3. The molecule has 9 heteroatoms. The number of likely N-dealkylation sites (tertiary alicyclic amines) is 1. The lowest BCUT2D eigenvalue weighted by molar-refractivity contribution is -0.139. The predicted octanol–water partition coefficient (Wildman–Crippen LogP) is 5.00. The van der Waals surface area contributed by atoms with E-state index >= 15 is 0 Å². The standard InChI is InChI=1S/C32H31N3O6/c1-21-5-3-6-22(17-21)19-41-25-10-7-23(8-11-25)30(37)28-29(24-9-12-26(36)27(18-24)40-2)35(32(39)31(28)38)15-4-14-34-16-13-33-20-34/h3,5-13,16-18,20,29,36-37H,4,14-15,19H2,1-2H3/b30-28+. The molecule has 41 heavy (non-hydrogen) atoms. The third-order valence-electron chi connectivity index (χ3n) is 7.05. The van der Waals surface area contributed by atoms with Crippen molar-refractivity contribution >= 4 is 17.4 Å². The van der Waals surface area contributed by atoms with Gasteiger partial charge in [0.2, 0.25) is 0 Å². The quantitative estimate of drug-likeness (QED) is 0.161. The second kappa shape index (κ2) is 12.0. The summed E-state index contributed by atoms with van der Waals surface area (Å²) in [6, 6.07) is 18.5. The van der Waals surface area contributed by atoms with Gasteiger partial charge in [-0.15, -0.1) is 0 Å². The highest BCUT2D eigenvalue weighted by atomic mass is 16.5. The molecule has 3 aromatic carbocycles. The van der Waals surface area contributed by atoms with Gasteiger partial charge in [0.05, 0.1) is 25.1 Å². The van der Waals surface area contributed by atoms with Gasteiger partial charge in [-0.2, -0.15) is 0 Å². The van der Waals surface area contributed by atoms with Gasteiger partial charge in [0.1, 0.15) is 18.1 Å². The molecule has 2 N–H and O–H groups in total. The van der Waals surface area contributed by atoms with E-state index in [2.05, 4.69) is 4.98 Å². The number of nitrogens with zero attached hydrogens (tertiary/aromatic N) is 3. The maximum absolute atomic E-state index is 13.4. The van der Waals surface area contributed by atoms with Crippen LogP contribution in [0.4, 0.5) is 0 Å². The number of amides is 1. The lowest BCUT2D eigenvalue weighted by atomic mass is 9.95. The Balaban J connectivity index is 1.44. The molecule has 1 saturated heterocycles. The van der Waals surface area contributed by atoms with E-state index in [1.807, 2.05) is 42.0 Å². The summed E-state index contributed by atoms with van der Waals surface area (Å²) in [5.41, 5.74) is 3.06. The Kier molecular flexibility index (Phi) is 8.05. The molecule has 210 valence electrons. The number of rotatable bonds is 10. The van der Waals surface area contributed by atoms with Crippen molar-refractivity contribution in [3.63, 3.8) is 0 Å². The molecule has 4 aromatic rings. The molecular formula is C32H31N3O6. The van der Waals surface area contributed by atoms with E-state index in [0.29, 0.717) is 36.4 Å². The van der Waals surface area contributed by atoms with Gasteiger partial charge in [-0.1, -0.05) is 35.9 Å². The van der Waals surface area contributed by atoms with Crippen LogP contribution in [0, 0.1) is 6.92 Å². The van der Waals surface area contributed by atoms with Crippen LogP contribution < -0.4 is 9.47 Å². The van der Waals surface area contributed by atoms with Crippen molar-refractivity contribution < 1.29 is 29.3 Å². The summed E-state index contributed by atoms with van der Waals surface area (Å²) in [6.45, 7) is 3.27. The van der Waals surface area contributed by atoms with Gasteiger partial charge in [-0.3, -0.25) is 9.59 Å². The first-order chi connectivity index (χ1) is 19.9. The average molecular weight is 554 g/mol. The second-order valence-corrected chi connectivity index (χ2v) is 9.88. The molecule has 5 rings (SSSR count). The number of carbonyl (C=O) groups excluding carboxylic acids is 2. The molecule has 0 bridgehead atoms. The van der Waals surface area contributed by atoms with Crippen LogP contribution in [-0.2, 0) is 22.7 Å². The number of aliphatic hydroxyl groups is 1. The van der Waals surface area contributed by atoms with Gasteiger partial charge in [0.15, 0.2) is 11.5 Å². The van der Waals surface area contributed by atoms with Gasteiger partial charge in [0.25, 0.3) is 11.7 Å². The van der Waals surface area contributed by atoms with E-state index in [1.165, 1.54) is 18.1 Å². The van der Waals surface area contributed by atoms with E-state index in [1.54, 1.807) is 48.9 Å². The van der Waals surface area contributed by atoms with Crippen molar-refractivity contribution in [2.75, 3.05) is 13.7 Å². The molecule has 1 aromatic heterocycles. The first-order valence-electron chi connectivity index (χ1n) is 13.3. The molecule has 1 amide bonds. The van der Waals surface area contributed by atoms with Gasteiger partial charge in [0, 0.05) is 31.0 Å². The molecule has 9 nitrogen and oxygen atoms in total. The number of phenolic OH excluding ortho intramolecular Hbond substituents is 1. The van der Waals surface area contributed by atoms with Crippen molar-refractivity contribution in [3.05, 3.63) is 113 Å². The second-order valence-electron chi connectivity index (χ2n) is 9.88. The Morgan fingerprint density at radius 2 is 1.83 bits per heavy atom. The van der Waals surface area contributed by atoms with Gasteiger partial charge in [-0.05, 0) is 60.9 Å². The van der Waals surface area contributed by atoms with Crippen molar-refractivity contribution in [2.24, 2.45) is 0 Å². The summed E-state index contributed by atoms with van der Waals surface area (Å²) in [6.07, 6.45) is 5.74. The fourth-order valence-electron chi connectivity index (χ4n) is 5.00. The number of imidazole rings is 1. The van der Waals surface area contributed by atoms with Crippen LogP contribution in [0.15, 0.2) is 91.0 Å². The normalized spacial score (nSPS) is 16.2. The molecule has 0 radical (unpaired) electrons. The fourth-order valence-corrected chi connectivity index (χ4v) is 5.00. The van der Waals surface area contributed by atoms with Gasteiger partial charge >= 0.3 is 0 Å². The third kappa shape index (κ3) is 5.94. The van der Waals surface area contributed by atoms with Crippen molar-refractivity contribution in [1.29, 1.82) is 0 Å². The zero-order valence-electron chi connectivity index (χ0n) is 22.9. The number of hydrogen-bond acceptors (Lipinski definition) is 7. The number of methoxy groups -OCH3 is 1. The van der Waals surface area contributed by atoms with E-state index in [9.17, 15) is 19.8 Å². The number of Topliss-reactive ketones (excluding diaryl/α,β-unsaturated/α-hetero) is 1. The summed E-state index contributed by atoms with van der Waals surface area (Å²) < 4.78 is 13.1. The Morgan fingerprint density at radius 1 is 1.02 bits per heavy atom. The molecule has 2 heterocycles. The van der Waals surface area contributed by atoms with Crippen molar-refractivity contribution in [2.45, 2.75) is 32.5 Å². The maximum Gasteiger partial charge on any atom is 0.295 e. The maximum atomic E-state index is 13.4. The van der Waals surface area contributed by atoms with Crippen LogP contribution >= 0.6 is 0 Å². The van der Waals surface area contributed by atoms with Crippen LogP contribution in [0.3, 0.4) is 0 Å². The van der Waals surface area contributed by atoms with Crippen molar-refractivity contribution in [3.8, 4) is 17.2 Å². The average Bonchev–Trinajstić information content (AvgIpc) is 3.59. The lowest BCUT2D eigenvalue weighted by Gasteiger charge is -2.26. The number of ether oxygens (including phenoxy) is 2. The number of aromatic hydroxyl groups is 1. The van der Waals surface area contributed by atoms with Crippen LogP contribution in [0.5, 0.6) is 17.2 Å². The number of hydrogen-bond donors (Lipinski definition) is 2. The number of carbonyl (C=O) groups is 2. The zero-order valence-corrected chi connectivity index (χ0v) is 22.9. The molecule has 1 aliphatic heterocycles. The topological polar surface area (TPSA) is 114 Å². The SMILES string of the molecule is COc1cc(C2/C(=C(\O)c3ccc(OCc4cccc(C)c4)cc3)C(=O)C(=O)N2CCCn2ccnc2)ccc1O. The monoisotopic (exact) mass is 553 g/mol. The number of aliphatic hydroxyl groups excluding tert-OH is 1. The summed E-state index contributed by atoms with van der Waals surface area (Å²) in [7, 11) is 1.42. The van der Waals surface area contributed by atoms with Crippen LogP contribution in [0.2, 0.25) is 0 Å². The summed E-state index contributed by atoms with van der Waals surface area (Å²) in [5.74, 6) is -1.05. The Labute approximate surface area is 237 Å². The molecular weight excluding hydrogens is 522 g/mol. The van der Waals surface area contributed by atoms with Crippen LogP contribution in [0.25, 0.3) is 5.76 Å². The Morgan fingerprint density at radius 3 is 2.54 bits per heavy atom. The Bertz CT molecular complexity index is 1580. The van der Waals surface area contributed by atoms with Crippen LogP contribution in [0.1, 0.15) is 34.7 Å². The number of aromatic nitrogens is 2. The molecule has 1 aliphatic rings. The van der Waals surface area contributed by atoms with E-state index in [4.69, 9.17) is 9.47 Å². The minimum Gasteiger partial charge on any atom is -0.507 e. The molecule has 1 fully saturated rings. The van der Waals surface area contributed by atoms with E-state index in [0.717, 1.165) is 11.1 Å². The predicted molar refractivity (Wildman–Crippen MR) is 152 cm³/mol. The summed E-state index contributed by atoms with van der Waals surface area (Å²) >= 11 is 0. The van der Waals surface area contributed by atoms with Crippen LogP contribution in [-0.4, -0.2) is 50.0 Å². The van der Waals surface area contributed by atoms with E-state index in [-0.39, 0.29) is 29.4 Å². The summed E-state index contributed by atoms with van der Waals surface area (Å²) in [5, 5.41) is 21.5. The largest absolute Gasteiger partial charge is 0.507 e. The zero-order chi connectivity index (χ0) is 28.9. The molecule has 1 unspecified atom stereocenters. The number of benzene rings is 3.